The highest BCUT2D eigenvalue weighted by molar-refractivity contribution is 14.1. The van der Waals surface area contributed by atoms with Gasteiger partial charge in [-0.15, -0.1) is 0 Å². The highest BCUT2D eigenvalue weighted by Gasteiger charge is 2.15. The topological polar surface area (TPSA) is 38.3 Å². The Bertz CT molecular complexity index is 341. The van der Waals surface area contributed by atoms with Crippen molar-refractivity contribution in [3.63, 3.8) is 0 Å². The summed E-state index contributed by atoms with van der Waals surface area (Å²) in [4.78, 5) is 11.6. The zero-order valence-electron chi connectivity index (χ0n) is 10.2. The van der Waals surface area contributed by atoms with Crippen molar-refractivity contribution in [1.82, 2.24) is 5.32 Å². The van der Waals surface area contributed by atoms with Gasteiger partial charge in [-0.05, 0) is 11.5 Å². The number of carbonyl (C=O) groups is 1. The molecule has 1 aromatic rings. The van der Waals surface area contributed by atoms with Crippen LogP contribution in [0.2, 0.25) is 0 Å². The maximum Gasteiger partial charge on any atom is 0.407 e. The minimum atomic E-state index is -0.343. The Morgan fingerprint density at radius 2 is 2.00 bits per heavy atom. The molecule has 1 amide bonds. The molecule has 0 aliphatic heterocycles. The van der Waals surface area contributed by atoms with E-state index in [2.05, 4.69) is 41.8 Å². The lowest BCUT2D eigenvalue weighted by Crippen LogP contribution is -2.39. The van der Waals surface area contributed by atoms with Crippen molar-refractivity contribution in [3.05, 3.63) is 35.9 Å². The molecular weight excluding hydrogens is 329 g/mol. The van der Waals surface area contributed by atoms with Gasteiger partial charge < -0.3 is 10.1 Å². The zero-order valence-corrected chi connectivity index (χ0v) is 12.3. The fraction of sp³-hybridized carbons (Fsp3) is 0.462. The van der Waals surface area contributed by atoms with E-state index < -0.39 is 0 Å². The van der Waals surface area contributed by atoms with Crippen molar-refractivity contribution in [1.29, 1.82) is 0 Å². The van der Waals surface area contributed by atoms with Gasteiger partial charge in [0, 0.05) is 10.5 Å². The molecule has 0 saturated heterocycles. The molecule has 0 unspecified atom stereocenters. The fourth-order valence-electron chi connectivity index (χ4n) is 1.30. The third-order valence-electron chi connectivity index (χ3n) is 2.49. The first-order valence-corrected chi connectivity index (χ1v) is 7.19. The van der Waals surface area contributed by atoms with E-state index in [9.17, 15) is 4.79 Å². The molecule has 0 fully saturated rings. The smallest absolute Gasteiger partial charge is 0.407 e. The minimum absolute atomic E-state index is 0.166. The number of benzene rings is 1. The molecule has 0 aromatic heterocycles. The molecule has 0 aliphatic carbocycles. The van der Waals surface area contributed by atoms with Crippen LogP contribution in [0.1, 0.15) is 19.4 Å². The standard InChI is InChI=1S/C13H18INO2/c1-10(2)12(8-14)15-13(16)17-9-11-6-4-3-5-7-11/h3-7,10,12H,8-9H2,1-2H3,(H,15,16)/t12-/m1/s1. The number of nitrogens with one attached hydrogen (secondary N) is 1. The van der Waals surface area contributed by atoms with Gasteiger partial charge in [-0.3, -0.25) is 0 Å². The Morgan fingerprint density at radius 1 is 1.35 bits per heavy atom. The number of ether oxygens (including phenoxy) is 1. The summed E-state index contributed by atoms with van der Waals surface area (Å²) in [6.45, 7) is 4.49. The Morgan fingerprint density at radius 3 is 2.53 bits per heavy atom. The quantitative estimate of drug-likeness (QED) is 0.655. The van der Waals surface area contributed by atoms with Gasteiger partial charge in [-0.2, -0.15) is 0 Å². The predicted octanol–water partition coefficient (Wildman–Crippen LogP) is 3.37. The van der Waals surface area contributed by atoms with Crippen molar-refractivity contribution in [3.8, 4) is 0 Å². The van der Waals surface area contributed by atoms with Crippen LogP contribution >= 0.6 is 22.6 Å². The Balaban J connectivity index is 2.35. The highest BCUT2D eigenvalue weighted by atomic mass is 127. The van der Waals surface area contributed by atoms with E-state index in [1.165, 1.54) is 0 Å². The maximum atomic E-state index is 11.6. The van der Waals surface area contributed by atoms with Gasteiger partial charge in [0.25, 0.3) is 0 Å². The summed E-state index contributed by atoms with van der Waals surface area (Å²) in [5, 5.41) is 2.87. The van der Waals surface area contributed by atoms with Crippen LogP contribution in [-0.2, 0) is 11.3 Å². The van der Waals surface area contributed by atoms with Crippen molar-refractivity contribution >= 4 is 28.7 Å². The second-order valence-electron chi connectivity index (χ2n) is 4.21. The van der Waals surface area contributed by atoms with Crippen molar-refractivity contribution in [2.75, 3.05) is 4.43 Å². The summed E-state index contributed by atoms with van der Waals surface area (Å²) in [5.41, 5.74) is 0.998. The summed E-state index contributed by atoms with van der Waals surface area (Å²) in [6, 6.07) is 9.83. The van der Waals surface area contributed by atoms with E-state index in [0.29, 0.717) is 12.5 Å². The van der Waals surface area contributed by atoms with E-state index in [0.717, 1.165) is 9.99 Å². The fourth-order valence-corrected chi connectivity index (χ4v) is 2.54. The zero-order chi connectivity index (χ0) is 12.7. The average molecular weight is 347 g/mol. The van der Waals surface area contributed by atoms with Crippen LogP contribution < -0.4 is 5.32 Å². The number of amides is 1. The second kappa shape index (κ2) is 7.53. The molecule has 0 radical (unpaired) electrons. The molecule has 0 aliphatic rings. The lowest BCUT2D eigenvalue weighted by Gasteiger charge is -2.19. The number of alkyl carbamates (subject to hydrolysis) is 1. The molecule has 94 valence electrons. The maximum absolute atomic E-state index is 11.6. The summed E-state index contributed by atoms with van der Waals surface area (Å²) >= 11 is 2.27. The number of carbonyl (C=O) groups excluding carboxylic acids is 1. The Kier molecular flexibility index (Phi) is 6.32. The third kappa shape index (κ3) is 5.39. The van der Waals surface area contributed by atoms with E-state index in [1.807, 2.05) is 30.3 Å². The first-order chi connectivity index (χ1) is 8.13. The first kappa shape index (κ1) is 14.3. The normalized spacial score (nSPS) is 12.2. The van der Waals surface area contributed by atoms with E-state index in [4.69, 9.17) is 4.74 Å². The monoisotopic (exact) mass is 347 g/mol. The van der Waals surface area contributed by atoms with E-state index in [1.54, 1.807) is 0 Å². The molecule has 1 atom stereocenters. The molecule has 0 bridgehead atoms. The molecule has 4 heteroatoms. The lowest BCUT2D eigenvalue weighted by atomic mass is 10.1. The number of rotatable bonds is 5. The molecule has 0 heterocycles. The third-order valence-corrected chi connectivity index (χ3v) is 3.44. The minimum Gasteiger partial charge on any atom is -0.445 e. The number of hydrogen-bond acceptors (Lipinski definition) is 2. The van der Waals surface area contributed by atoms with Gasteiger partial charge in [-0.1, -0.05) is 66.8 Å². The van der Waals surface area contributed by atoms with Gasteiger partial charge in [0.05, 0.1) is 0 Å². The van der Waals surface area contributed by atoms with Gasteiger partial charge in [0.2, 0.25) is 0 Å². The first-order valence-electron chi connectivity index (χ1n) is 5.66. The molecule has 1 rings (SSSR count). The van der Waals surface area contributed by atoms with Crippen LogP contribution in [0.5, 0.6) is 0 Å². The molecular formula is C13H18INO2. The van der Waals surface area contributed by atoms with Crippen molar-refractivity contribution < 1.29 is 9.53 Å². The molecule has 1 aromatic carbocycles. The number of hydrogen-bond donors (Lipinski definition) is 1. The van der Waals surface area contributed by atoms with Crippen molar-refractivity contribution in [2.24, 2.45) is 5.92 Å². The van der Waals surface area contributed by atoms with Gasteiger partial charge >= 0.3 is 6.09 Å². The van der Waals surface area contributed by atoms with E-state index >= 15 is 0 Å². The second-order valence-corrected chi connectivity index (χ2v) is 5.09. The molecule has 3 nitrogen and oxygen atoms in total. The molecule has 0 spiro atoms. The highest BCUT2D eigenvalue weighted by Crippen LogP contribution is 2.06. The van der Waals surface area contributed by atoms with Crippen LogP contribution in [-0.4, -0.2) is 16.6 Å². The summed E-state index contributed by atoms with van der Waals surface area (Å²) in [5.74, 6) is 0.413. The van der Waals surface area contributed by atoms with Crippen LogP contribution in [0.25, 0.3) is 0 Å². The Labute approximate surface area is 116 Å². The lowest BCUT2D eigenvalue weighted by molar-refractivity contribution is 0.134. The largest absolute Gasteiger partial charge is 0.445 e. The molecule has 17 heavy (non-hydrogen) atoms. The van der Waals surface area contributed by atoms with Gasteiger partial charge in [0.15, 0.2) is 0 Å². The molecule has 0 saturated carbocycles. The summed E-state index contributed by atoms with van der Waals surface area (Å²) < 4.78 is 6.04. The summed E-state index contributed by atoms with van der Waals surface area (Å²) in [7, 11) is 0. The van der Waals surface area contributed by atoms with Crippen LogP contribution in [0.3, 0.4) is 0 Å². The van der Waals surface area contributed by atoms with Crippen LogP contribution in [0.15, 0.2) is 30.3 Å². The molecule has 1 N–H and O–H groups in total. The van der Waals surface area contributed by atoms with Crippen LogP contribution in [0, 0.1) is 5.92 Å². The number of alkyl halides is 1. The Hall–Kier alpha value is -0.780. The predicted molar refractivity (Wildman–Crippen MR) is 77.3 cm³/mol. The summed E-state index contributed by atoms with van der Waals surface area (Å²) in [6.07, 6.45) is -0.343. The van der Waals surface area contributed by atoms with Gasteiger partial charge in [-0.25, -0.2) is 4.79 Å². The SMILES string of the molecule is CC(C)[C@@H](CI)NC(=O)OCc1ccccc1. The van der Waals surface area contributed by atoms with Crippen molar-refractivity contribution in [2.45, 2.75) is 26.5 Å². The van der Waals surface area contributed by atoms with Gasteiger partial charge in [0.1, 0.15) is 6.61 Å². The van der Waals surface area contributed by atoms with Crippen LogP contribution in [0.4, 0.5) is 4.79 Å². The average Bonchev–Trinajstić information content (AvgIpc) is 2.34. The number of halogens is 1. The van der Waals surface area contributed by atoms with E-state index in [-0.39, 0.29) is 12.1 Å².